The Morgan fingerprint density at radius 2 is 2.12 bits per heavy atom. The Morgan fingerprint density at radius 3 is 2.56 bits per heavy atom. The summed E-state index contributed by atoms with van der Waals surface area (Å²) in [5.41, 5.74) is 0. The Labute approximate surface area is 98.8 Å². The second-order valence-electron chi connectivity index (χ2n) is 4.86. The SMILES string of the molecule is CCC#CC(CC(C)C)OC(=O)C1CCC1. The van der Waals surface area contributed by atoms with Crippen LogP contribution in [0.3, 0.4) is 0 Å². The normalized spacial score (nSPS) is 17.2. The standard InChI is InChI=1S/C14H22O2/c1-4-5-9-13(10-11(2)3)16-14(15)12-7-6-8-12/h11-13H,4,6-8,10H2,1-3H3. The molecule has 0 aromatic rings. The van der Waals surface area contributed by atoms with E-state index >= 15 is 0 Å². The molecule has 0 spiro atoms. The fraction of sp³-hybridized carbons (Fsp3) is 0.786. The molecule has 0 heterocycles. The molecule has 16 heavy (non-hydrogen) atoms. The summed E-state index contributed by atoms with van der Waals surface area (Å²) in [6.45, 7) is 6.25. The molecule has 1 saturated carbocycles. The van der Waals surface area contributed by atoms with Crippen LogP contribution < -0.4 is 0 Å². The van der Waals surface area contributed by atoms with Gasteiger partial charge in [-0.1, -0.05) is 39.0 Å². The lowest BCUT2D eigenvalue weighted by Crippen LogP contribution is -2.28. The van der Waals surface area contributed by atoms with Gasteiger partial charge in [0.25, 0.3) is 0 Å². The number of carbonyl (C=O) groups excluding carboxylic acids is 1. The van der Waals surface area contributed by atoms with Crippen molar-refractivity contribution in [2.45, 2.75) is 59.0 Å². The predicted octanol–water partition coefficient (Wildman–Crippen LogP) is 3.16. The molecule has 0 bridgehead atoms. The van der Waals surface area contributed by atoms with Crippen molar-refractivity contribution in [3.8, 4) is 11.8 Å². The van der Waals surface area contributed by atoms with Gasteiger partial charge in [0.15, 0.2) is 6.10 Å². The number of esters is 1. The van der Waals surface area contributed by atoms with Crippen molar-refractivity contribution < 1.29 is 9.53 Å². The molecular weight excluding hydrogens is 200 g/mol. The van der Waals surface area contributed by atoms with E-state index in [0.29, 0.717) is 5.92 Å². The predicted molar refractivity (Wildman–Crippen MR) is 64.7 cm³/mol. The van der Waals surface area contributed by atoms with Crippen LogP contribution in [0.15, 0.2) is 0 Å². The van der Waals surface area contributed by atoms with Crippen molar-refractivity contribution in [1.29, 1.82) is 0 Å². The molecule has 2 nitrogen and oxygen atoms in total. The molecule has 2 heteroatoms. The summed E-state index contributed by atoms with van der Waals surface area (Å²) < 4.78 is 5.45. The highest BCUT2D eigenvalue weighted by molar-refractivity contribution is 5.73. The molecule has 0 radical (unpaired) electrons. The molecule has 0 aromatic carbocycles. The molecule has 1 rings (SSSR count). The van der Waals surface area contributed by atoms with Crippen molar-refractivity contribution in [3.05, 3.63) is 0 Å². The van der Waals surface area contributed by atoms with Crippen LogP contribution in [0.5, 0.6) is 0 Å². The Bertz CT molecular complexity index is 279. The van der Waals surface area contributed by atoms with Crippen molar-refractivity contribution in [2.24, 2.45) is 11.8 Å². The third-order valence-electron chi connectivity index (χ3n) is 2.82. The van der Waals surface area contributed by atoms with Gasteiger partial charge in [0, 0.05) is 6.42 Å². The Balaban J connectivity index is 2.44. The van der Waals surface area contributed by atoms with E-state index in [-0.39, 0.29) is 18.0 Å². The summed E-state index contributed by atoms with van der Waals surface area (Å²) in [5, 5.41) is 0. The maximum Gasteiger partial charge on any atom is 0.310 e. The Kier molecular flexibility index (Phi) is 5.38. The fourth-order valence-corrected chi connectivity index (χ4v) is 1.66. The van der Waals surface area contributed by atoms with Gasteiger partial charge in [0.05, 0.1) is 5.92 Å². The van der Waals surface area contributed by atoms with Gasteiger partial charge < -0.3 is 4.74 Å². The third kappa shape index (κ3) is 4.26. The second-order valence-corrected chi connectivity index (χ2v) is 4.86. The molecular formula is C14H22O2. The van der Waals surface area contributed by atoms with Gasteiger partial charge in [-0.25, -0.2) is 0 Å². The van der Waals surface area contributed by atoms with Crippen LogP contribution in [0, 0.1) is 23.7 Å². The molecule has 0 aliphatic heterocycles. The maximum absolute atomic E-state index is 11.7. The van der Waals surface area contributed by atoms with Crippen LogP contribution in [0.2, 0.25) is 0 Å². The summed E-state index contributed by atoms with van der Waals surface area (Å²) in [6, 6.07) is 0. The minimum Gasteiger partial charge on any atom is -0.449 e. The van der Waals surface area contributed by atoms with Crippen LogP contribution in [0.1, 0.15) is 52.9 Å². The van der Waals surface area contributed by atoms with Crippen LogP contribution >= 0.6 is 0 Å². The minimum absolute atomic E-state index is 0.0395. The number of ether oxygens (including phenoxy) is 1. The lowest BCUT2D eigenvalue weighted by molar-refractivity contribution is -0.154. The quantitative estimate of drug-likeness (QED) is 0.539. The van der Waals surface area contributed by atoms with Crippen LogP contribution in [0.4, 0.5) is 0 Å². The zero-order valence-corrected chi connectivity index (χ0v) is 10.6. The molecule has 0 aromatic heterocycles. The minimum atomic E-state index is -0.201. The van der Waals surface area contributed by atoms with Crippen molar-refractivity contribution >= 4 is 5.97 Å². The van der Waals surface area contributed by atoms with E-state index in [1.165, 1.54) is 0 Å². The van der Waals surface area contributed by atoms with Gasteiger partial charge in [-0.05, 0) is 25.2 Å². The summed E-state index contributed by atoms with van der Waals surface area (Å²) in [6.07, 6.45) is 4.60. The molecule has 1 unspecified atom stereocenters. The molecule has 90 valence electrons. The number of carbonyl (C=O) groups is 1. The number of hydrogen-bond donors (Lipinski definition) is 0. The van der Waals surface area contributed by atoms with E-state index in [9.17, 15) is 4.79 Å². The smallest absolute Gasteiger partial charge is 0.310 e. The van der Waals surface area contributed by atoms with E-state index in [0.717, 1.165) is 32.1 Å². The van der Waals surface area contributed by atoms with Gasteiger partial charge >= 0.3 is 5.97 Å². The van der Waals surface area contributed by atoms with Crippen molar-refractivity contribution in [1.82, 2.24) is 0 Å². The summed E-state index contributed by atoms with van der Waals surface area (Å²) in [7, 11) is 0. The average molecular weight is 222 g/mol. The summed E-state index contributed by atoms with van der Waals surface area (Å²) in [4.78, 5) is 11.7. The lowest BCUT2D eigenvalue weighted by atomic mass is 9.85. The molecule has 0 N–H and O–H groups in total. The van der Waals surface area contributed by atoms with E-state index in [4.69, 9.17) is 4.74 Å². The van der Waals surface area contributed by atoms with E-state index in [1.54, 1.807) is 0 Å². The summed E-state index contributed by atoms with van der Waals surface area (Å²) >= 11 is 0. The van der Waals surface area contributed by atoms with Crippen LogP contribution in [-0.2, 0) is 9.53 Å². The largest absolute Gasteiger partial charge is 0.449 e. The molecule has 1 aliphatic rings. The Hall–Kier alpha value is -0.970. The van der Waals surface area contributed by atoms with Gasteiger partial charge in [-0.15, -0.1) is 0 Å². The monoisotopic (exact) mass is 222 g/mol. The highest BCUT2D eigenvalue weighted by Crippen LogP contribution is 2.28. The lowest BCUT2D eigenvalue weighted by Gasteiger charge is -2.25. The highest BCUT2D eigenvalue weighted by atomic mass is 16.5. The van der Waals surface area contributed by atoms with Crippen LogP contribution in [0.25, 0.3) is 0 Å². The van der Waals surface area contributed by atoms with Gasteiger partial charge in [0.2, 0.25) is 0 Å². The van der Waals surface area contributed by atoms with Gasteiger partial charge in [-0.2, -0.15) is 0 Å². The topological polar surface area (TPSA) is 26.3 Å². The van der Waals surface area contributed by atoms with E-state index in [1.807, 2.05) is 6.92 Å². The first-order chi connectivity index (χ1) is 7.63. The van der Waals surface area contributed by atoms with Crippen molar-refractivity contribution in [2.75, 3.05) is 0 Å². The third-order valence-corrected chi connectivity index (χ3v) is 2.82. The van der Waals surface area contributed by atoms with Crippen LogP contribution in [-0.4, -0.2) is 12.1 Å². The molecule has 1 atom stereocenters. The van der Waals surface area contributed by atoms with Gasteiger partial charge in [-0.3, -0.25) is 4.79 Å². The Morgan fingerprint density at radius 1 is 1.44 bits per heavy atom. The number of hydrogen-bond acceptors (Lipinski definition) is 2. The fourth-order valence-electron chi connectivity index (χ4n) is 1.66. The van der Waals surface area contributed by atoms with Gasteiger partial charge in [0.1, 0.15) is 0 Å². The second kappa shape index (κ2) is 6.58. The first-order valence-corrected chi connectivity index (χ1v) is 6.32. The van der Waals surface area contributed by atoms with E-state index < -0.39 is 0 Å². The highest BCUT2D eigenvalue weighted by Gasteiger charge is 2.28. The zero-order chi connectivity index (χ0) is 12.0. The maximum atomic E-state index is 11.7. The van der Waals surface area contributed by atoms with E-state index in [2.05, 4.69) is 25.7 Å². The molecule has 1 fully saturated rings. The first kappa shape index (κ1) is 13.1. The molecule has 1 aliphatic carbocycles. The van der Waals surface area contributed by atoms with Crippen molar-refractivity contribution in [3.63, 3.8) is 0 Å². The summed E-state index contributed by atoms with van der Waals surface area (Å²) in [5.74, 6) is 6.66. The zero-order valence-electron chi connectivity index (χ0n) is 10.6. The average Bonchev–Trinajstić information content (AvgIpc) is 2.10. The molecule has 0 amide bonds. The number of rotatable bonds is 4. The molecule has 0 saturated heterocycles. The first-order valence-electron chi connectivity index (χ1n) is 6.32.